The van der Waals surface area contributed by atoms with E-state index >= 15 is 0 Å². The van der Waals surface area contributed by atoms with Crippen LogP contribution < -0.4 is 10.1 Å². The molecule has 25 heavy (non-hydrogen) atoms. The number of hydrogen-bond donors (Lipinski definition) is 1. The third kappa shape index (κ3) is 4.48. The topological polar surface area (TPSA) is 57.7 Å². The van der Waals surface area contributed by atoms with Crippen molar-refractivity contribution in [2.45, 2.75) is 18.9 Å². The lowest BCUT2D eigenvalue weighted by molar-refractivity contribution is 0.148. The molecule has 1 saturated heterocycles. The molecule has 1 aromatic carbocycles. The molecule has 132 valence electrons. The highest BCUT2D eigenvalue weighted by atomic mass is 16.5. The van der Waals surface area contributed by atoms with E-state index in [9.17, 15) is 4.79 Å². The fourth-order valence-corrected chi connectivity index (χ4v) is 2.95. The maximum absolute atomic E-state index is 12.7. The number of carbonyl (C=O) groups is 1. The van der Waals surface area contributed by atoms with Crippen molar-refractivity contribution in [2.75, 3.05) is 32.5 Å². The van der Waals surface area contributed by atoms with Crippen LogP contribution in [0, 0.1) is 0 Å². The van der Waals surface area contributed by atoms with Crippen molar-refractivity contribution in [1.29, 1.82) is 0 Å². The number of benzene rings is 1. The molecular weight excluding hydrogens is 316 g/mol. The lowest BCUT2D eigenvalue weighted by Crippen LogP contribution is -2.48. The molecule has 1 aromatic heterocycles. The Labute approximate surface area is 148 Å². The van der Waals surface area contributed by atoms with Gasteiger partial charge >= 0.3 is 6.03 Å². The van der Waals surface area contributed by atoms with E-state index in [1.54, 1.807) is 12.4 Å². The lowest BCUT2D eigenvalue weighted by atomic mass is 10.1. The minimum absolute atomic E-state index is 0.0891. The van der Waals surface area contributed by atoms with Crippen molar-refractivity contribution in [1.82, 2.24) is 14.8 Å². The molecule has 1 N–H and O–H groups in total. The van der Waals surface area contributed by atoms with Crippen LogP contribution >= 0.6 is 0 Å². The molecule has 0 bridgehead atoms. The van der Waals surface area contributed by atoms with Gasteiger partial charge in [-0.2, -0.15) is 0 Å². The molecule has 1 fully saturated rings. The summed E-state index contributed by atoms with van der Waals surface area (Å²) >= 11 is 0. The van der Waals surface area contributed by atoms with Crippen molar-refractivity contribution in [3.63, 3.8) is 0 Å². The van der Waals surface area contributed by atoms with Gasteiger partial charge in [0.15, 0.2) is 5.75 Å². The molecule has 1 unspecified atom stereocenters. The third-order valence-corrected chi connectivity index (χ3v) is 4.40. The number of likely N-dealkylation sites (tertiary alicyclic amines) is 1. The van der Waals surface area contributed by atoms with Crippen LogP contribution in [-0.4, -0.2) is 54.0 Å². The van der Waals surface area contributed by atoms with Crippen LogP contribution in [0.1, 0.15) is 12.8 Å². The number of amides is 2. The molecule has 0 saturated carbocycles. The highest BCUT2D eigenvalue weighted by Crippen LogP contribution is 2.29. The van der Waals surface area contributed by atoms with Crippen LogP contribution in [0.25, 0.3) is 0 Å². The predicted molar refractivity (Wildman–Crippen MR) is 98.1 cm³/mol. The van der Waals surface area contributed by atoms with Crippen LogP contribution in [0.4, 0.5) is 10.5 Å². The van der Waals surface area contributed by atoms with Gasteiger partial charge in [-0.1, -0.05) is 12.1 Å². The number of para-hydroxylation sites is 2. The SMILES string of the molecule is CN(C)C1CCCN(C(=O)Nc2ccccc2Oc2cccnc2)C1. The summed E-state index contributed by atoms with van der Waals surface area (Å²) in [5, 5.41) is 2.98. The van der Waals surface area contributed by atoms with Gasteiger partial charge in [-0.05, 0) is 51.2 Å². The predicted octanol–water partition coefficient (Wildman–Crippen LogP) is 3.43. The Bertz CT molecular complexity index is 706. The monoisotopic (exact) mass is 340 g/mol. The number of likely N-dealkylation sites (N-methyl/N-ethyl adjacent to an activating group) is 1. The van der Waals surface area contributed by atoms with E-state index in [-0.39, 0.29) is 6.03 Å². The number of piperidine rings is 1. The number of pyridine rings is 1. The van der Waals surface area contributed by atoms with Gasteiger partial charge in [-0.15, -0.1) is 0 Å². The maximum Gasteiger partial charge on any atom is 0.322 e. The number of ether oxygens (including phenoxy) is 1. The summed E-state index contributed by atoms with van der Waals surface area (Å²) in [6.45, 7) is 1.52. The minimum atomic E-state index is -0.0891. The standard InChI is InChI=1S/C19H24N4O2/c1-22(2)15-7-6-12-23(14-15)19(24)21-17-9-3-4-10-18(17)25-16-8-5-11-20-13-16/h3-5,8-11,13,15H,6-7,12,14H2,1-2H3,(H,21,24). The molecule has 2 heterocycles. The Morgan fingerprint density at radius 2 is 2.12 bits per heavy atom. The number of hydrogen-bond acceptors (Lipinski definition) is 4. The maximum atomic E-state index is 12.7. The average Bonchev–Trinajstić information content (AvgIpc) is 2.64. The van der Waals surface area contributed by atoms with Gasteiger partial charge in [0, 0.05) is 25.3 Å². The second kappa shape index (κ2) is 7.98. The van der Waals surface area contributed by atoms with Crippen molar-refractivity contribution in [2.24, 2.45) is 0 Å². The fourth-order valence-electron chi connectivity index (χ4n) is 2.95. The van der Waals surface area contributed by atoms with Crippen molar-refractivity contribution >= 4 is 11.7 Å². The molecule has 0 aliphatic carbocycles. The Morgan fingerprint density at radius 3 is 2.88 bits per heavy atom. The molecule has 6 heteroatoms. The number of carbonyl (C=O) groups excluding carboxylic acids is 1. The Kier molecular flexibility index (Phi) is 5.50. The Morgan fingerprint density at radius 1 is 1.28 bits per heavy atom. The molecular formula is C19H24N4O2. The lowest BCUT2D eigenvalue weighted by Gasteiger charge is -2.36. The van der Waals surface area contributed by atoms with Gasteiger partial charge in [0.2, 0.25) is 0 Å². The van der Waals surface area contributed by atoms with E-state index < -0.39 is 0 Å². The smallest absolute Gasteiger partial charge is 0.322 e. The van der Waals surface area contributed by atoms with Crippen molar-refractivity contribution in [3.8, 4) is 11.5 Å². The van der Waals surface area contributed by atoms with E-state index in [1.165, 1.54) is 0 Å². The number of nitrogens with one attached hydrogen (secondary N) is 1. The average molecular weight is 340 g/mol. The largest absolute Gasteiger partial charge is 0.454 e. The molecule has 1 aliphatic heterocycles. The molecule has 0 radical (unpaired) electrons. The Balaban J connectivity index is 1.69. The Hall–Kier alpha value is -2.60. The van der Waals surface area contributed by atoms with Gasteiger partial charge in [0.1, 0.15) is 5.75 Å². The third-order valence-electron chi connectivity index (χ3n) is 4.40. The van der Waals surface area contributed by atoms with Gasteiger partial charge < -0.3 is 19.9 Å². The van der Waals surface area contributed by atoms with E-state index in [2.05, 4.69) is 29.3 Å². The van der Waals surface area contributed by atoms with Gasteiger partial charge in [-0.3, -0.25) is 4.98 Å². The van der Waals surface area contributed by atoms with E-state index in [4.69, 9.17) is 4.74 Å². The number of urea groups is 1. The molecule has 1 atom stereocenters. The van der Waals surface area contributed by atoms with E-state index in [0.717, 1.165) is 25.9 Å². The summed E-state index contributed by atoms with van der Waals surface area (Å²) in [6.07, 6.45) is 5.48. The number of aromatic nitrogens is 1. The highest BCUT2D eigenvalue weighted by molar-refractivity contribution is 5.91. The zero-order chi connectivity index (χ0) is 17.6. The minimum Gasteiger partial charge on any atom is -0.454 e. The van der Waals surface area contributed by atoms with E-state index in [1.807, 2.05) is 41.3 Å². The quantitative estimate of drug-likeness (QED) is 0.926. The van der Waals surface area contributed by atoms with Crippen LogP contribution in [0.3, 0.4) is 0 Å². The summed E-state index contributed by atoms with van der Waals surface area (Å²) in [5.41, 5.74) is 0.656. The second-order valence-corrected chi connectivity index (χ2v) is 6.42. The van der Waals surface area contributed by atoms with Gasteiger partial charge in [0.05, 0.1) is 11.9 Å². The first-order valence-electron chi connectivity index (χ1n) is 8.53. The molecule has 6 nitrogen and oxygen atoms in total. The second-order valence-electron chi connectivity index (χ2n) is 6.42. The first-order chi connectivity index (χ1) is 12.1. The highest BCUT2D eigenvalue weighted by Gasteiger charge is 2.25. The fraction of sp³-hybridized carbons (Fsp3) is 0.368. The summed E-state index contributed by atoms with van der Waals surface area (Å²) in [6, 6.07) is 11.4. The first-order valence-corrected chi connectivity index (χ1v) is 8.53. The van der Waals surface area contributed by atoms with Gasteiger partial charge in [0.25, 0.3) is 0 Å². The molecule has 2 aromatic rings. The molecule has 0 spiro atoms. The van der Waals surface area contributed by atoms with E-state index in [0.29, 0.717) is 23.2 Å². The van der Waals surface area contributed by atoms with Gasteiger partial charge in [-0.25, -0.2) is 4.79 Å². The molecule has 3 rings (SSSR count). The van der Waals surface area contributed by atoms with Crippen LogP contribution in [0.5, 0.6) is 11.5 Å². The summed E-state index contributed by atoms with van der Waals surface area (Å²) in [7, 11) is 4.12. The van der Waals surface area contributed by atoms with Crippen LogP contribution in [0.2, 0.25) is 0 Å². The number of rotatable bonds is 4. The summed E-state index contributed by atoms with van der Waals surface area (Å²) in [5.74, 6) is 1.24. The zero-order valence-electron chi connectivity index (χ0n) is 14.7. The normalized spacial score (nSPS) is 17.4. The summed E-state index contributed by atoms with van der Waals surface area (Å²) < 4.78 is 5.85. The zero-order valence-corrected chi connectivity index (χ0v) is 14.7. The molecule has 2 amide bonds. The molecule has 1 aliphatic rings. The van der Waals surface area contributed by atoms with Crippen molar-refractivity contribution in [3.05, 3.63) is 48.8 Å². The van der Waals surface area contributed by atoms with Crippen LogP contribution in [-0.2, 0) is 0 Å². The van der Waals surface area contributed by atoms with Crippen molar-refractivity contribution < 1.29 is 9.53 Å². The van der Waals surface area contributed by atoms with Crippen LogP contribution in [0.15, 0.2) is 48.8 Å². The number of nitrogens with zero attached hydrogens (tertiary/aromatic N) is 3. The number of anilines is 1. The first kappa shape index (κ1) is 17.2. The summed E-state index contributed by atoms with van der Waals surface area (Å²) in [4.78, 5) is 20.8.